The zero-order valence-corrected chi connectivity index (χ0v) is 14.7. The number of hydrogen-bond acceptors (Lipinski definition) is 1. The van der Waals surface area contributed by atoms with Crippen LogP contribution in [0.5, 0.6) is 5.75 Å². The summed E-state index contributed by atoms with van der Waals surface area (Å²) in [7, 11) is 0. The third kappa shape index (κ3) is 3.71. The molecule has 0 saturated heterocycles. The first-order valence-electron chi connectivity index (χ1n) is 8.00. The first-order chi connectivity index (χ1) is 10.1. The Morgan fingerprint density at radius 1 is 0.773 bits per heavy atom. The van der Waals surface area contributed by atoms with Crippen LogP contribution in [0.1, 0.15) is 63.8 Å². The predicted octanol–water partition coefficient (Wildman–Crippen LogP) is 5.58. The van der Waals surface area contributed by atoms with Crippen molar-refractivity contribution in [1.82, 2.24) is 0 Å². The molecular weight excluding hydrogens is 268 g/mol. The Hall–Kier alpha value is -1.76. The van der Waals surface area contributed by atoms with Gasteiger partial charge in [0.1, 0.15) is 5.75 Å². The molecule has 0 aliphatic rings. The highest BCUT2D eigenvalue weighted by atomic mass is 16.3. The first-order valence-corrected chi connectivity index (χ1v) is 8.00. The van der Waals surface area contributed by atoms with Crippen LogP contribution in [0.25, 0.3) is 0 Å². The van der Waals surface area contributed by atoms with Gasteiger partial charge in [-0.25, -0.2) is 0 Å². The highest BCUT2D eigenvalue weighted by Crippen LogP contribution is 2.38. The highest BCUT2D eigenvalue weighted by Gasteiger charge is 2.26. The normalized spacial score (nSPS) is 12.5. The lowest BCUT2D eigenvalue weighted by molar-refractivity contribution is 0.464. The summed E-state index contributed by atoms with van der Waals surface area (Å²) in [5.74, 6) is 0.367. The second kappa shape index (κ2) is 5.79. The number of benzene rings is 2. The van der Waals surface area contributed by atoms with Gasteiger partial charge in [0.25, 0.3) is 0 Å². The van der Waals surface area contributed by atoms with Crippen LogP contribution in [0, 0.1) is 0 Å². The SMILES string of the molecule is CC(C)(C)c1cc(O)cc(C(C)(C)C)c1Cc1ccccc1. The van der Waals surface area contributed by atoms with Gasteiger partial charge in [0.2, 0.25) is 0 Å². The van der Waals surface area contributed by atoms with E-state index in [1.54, 1.807) is 0 Å². The van der Waals surface area contributed by atoms with E-state index in [0.29, 0.717) is 5.75 Å². The molecule has 0 aromatic heterocycles. The van der Waals surface area contributed by atoms with Crippen molar-refractivity contribution in [2.75, 3.05) is 0 Å². The number of aromatic hydroxyl groups is 1. The summed E-state index contributed by atoms with van der Waals surface area (Å²) < 4.78 is 0. The molecule has 1 N–H and O–H groups in total. The molecule has 1 heteroatoms. The van der Waals surface area contributed by atoms with E-state index in [2.05, 4.69) is 71.9 Å². The molecule has 0 heterocycles. The lowest BCUT2D eigenvalue weighted by Crippen LogP contribution is -2.21. The molecule has 118 valence electrons. The molecule has 0 aliphatic heterocycles. The van der Waals surface area contributed by atoms with E-state index in [0.717, 1.165) is 6.42 Å². The molecule has 2 aromatic carbocycles. The van der Waals surface area contributed by atoms with Crippen LogP contribution in [0.2, 0.25) is 0 Å². The zero-order valence-electron chi connectivity index (χ0n) is 14.7. The minimum absolute atomic E-state index is 0.00283. The Labute approximate surface area is 135 Å². The third-order valence-corrected chi connectivity index (χ3v) is 4.07. The maximum atomic E-state index is 10.2. The fourth-order valence-corrected chi connectivity index (χ4v) is 2.99. The van der Waals surface area contributed by atoms with Gasteiger partial charge in [-0.2, -0.15) is 0 Å². The molecule has 2 aromatic rings. The molecule has 1 nitrogen and oxygen atoms in total. The fourth-order valence-electron chi connectivity index (χ4n) is 2.99. The number of rotatable bonds is 2. The third-order valence-electron chi connectivity index (χ3n) is 4.07. The Bertz CT molecular complexity index is 605. The molecule has 0 unspecified atom stereocenters. The van der Waals surface area contributed by atoms with Crippen molar-refractivity contribution in [3.05, 3.63) is 64.7 Å². The second-order valence-electron chi connectivity index (χ2n) is 8.18. The lowest BCUT2D eigenvalue weighted by Gasteiger charge is -2.30. The maximum absolute atomic E-state index is 10.2. The molecule has 0 atom stereocenters. The first kappa shape index (κ1) is 16.6. The van der Waals surface area contributed by atoms with Gasteiger partial charge in [0.05, 0.1) is 0 Å². The number of phenolic OH excluding ortho intramolecular Hbond substituents is 1. The molecule has 0 saturated carbocycles. The van der Waals surface area contributed by atoms with E-state index in [-0.39, 0.29) is 10.8 Å². The van der Waals surface area contributed by atoms with Crippen molar-refractivity contribution in [2.45, 2.75) is 58.8 Å². The molecule has 22 heavy (non-hydrogen) atoms. The molecule has 0 fully saturated rings. The van der Waals surface area contributed by atoms with Crippen LogP contribution in [0.15, 0.2) is 42.5 Å². The molecule has 0 amide bonds. The second-order valence-corrected chi connectivity index (χ2v) is 8.18. The number of phenols is 1. The van der Waals surface area contributed by atoms with Crippen molar-refractivity contribution in [3.8, 4) is 5.75 Å². The van der Waals surface area contributed by atoms with Gasteiger partial charge in [-0.1, -0.05) is 71.9 Å². The van der Waals surface area contributed by atoms with E-state index in [1.807, 2.05) is 12.1 Å². The molecule has 0 bridgehead atoms. The van der Waals surface area contributed by atoms with Gasteiger partial charge in [0, 0.05) is 0 Å². The summed E-state index contributed by atoms with van der Waals surface area (Å²) in [6.45, 7) is 13.3. The summed E-state index contributed by atoms with van der Waals surface area (Å²) in [6, 6.07) is 14.4. The van der Waals surface area contributed by atoms with E-state index < -0.39 is 0 Å². The van der Waals surface area contributed by atoms with E-state index in [9.17, 15) is 5.11 Å². The average molecular weight is 296 g/mol. The van der Waals surface area contributed by atoms with Crippen LogP contribution in [0.3, 0.4) is 0 Å². The van der Waals surface area contributed by atoms with Crippen molar-refractivity contribution < 1.29 is 5.11 Å². The van der Waals surface area contributed by atoms with Crippen LogP contribution >= 0.6 is 0 Å². The minimum Gasteiger partial charge on any atom is -0.508 e. The van der Waals surface area contributed by atoms with Crippen LogP contribution in [-0.4, -0.2) is 5.11 Å². The van der Waals surface area contributed by atoms with E-state index in [4.69, 9.17) is 0 Å². The topological polar surface area (TPSA) is 20.2 Å². The van der Waals surface area contributed by atoms with E-state index in [1.165, 1.54) is 22.3 Å². The summed E-state index contributed by atoms with van der Waals surface area (Å²) >= 11 is 0. The molecule has 0 aliphatic carbocycles. The average Bonchev–Trinajstić information content (AvgIpc) is 2.39. The Balaban J connectivity index is 2.67. The lowest BCUT2D eigenvalue weighted by atomic mass is 9.74. The van der Waals surface area contributed by atoms with E-state index >= 15 is 0 Å². The van der Waals surface area contributed by atoms with Crippen LogP contribution in [-0.2, 0) is 17.3 Å². The molecule has 2 rings (SSSR count). The Kier molecular flexibility index (Phi) is 4.37. The van der Waals surface area contributed by atoms with Crippen molar-refractivity contribution in [1.29, 1.82) is 0 Å². The standard InChI is InChI=1S/C21H28O/c1-20(2,3)18-13-16(22)14-19(21(4,5)6)17(18)12-15-10-8-7-9-11-15/h7-11,13-14,22H,12H2,1-6H3. The quantitative estimate of drug-likeness (QED) is 0.767. The predicted molar refractivity (Wildman–Crippen MR) is 94.8 cm³/mol. The van der Waals surface area contributed by atoms with Gasteiger partial charge in [-0.3, -0.25) is 0 Å². The van der Waals surface area contributed by atoms with Gasteiger partial charge in [-0.15, -0.1) is 0 Å². The summed E-state index contributed by atoms with van der Waals surface area (Å²) in [4.78, 5) is 0. The summed E-state index contributed by atoms with van der Waals surface area (Å²) in [5, 5.41) is 10.2. The highest BCUT2D eigenvalue weighted by molar-refractivity contribution is 5.49. The largest absolute Gasteiger partial charge is 0.508 e. The zero-order chi connectivity index (χ0) is 16.5. The van der Waals surface area contributed by atoms with Crippen molar-refractivity contribution >= 4 is 0 Å². The Morgan fingerprint density at radius 2 is 1.23 bits per heavy atom. The van der Waals surface area contributed by atoms with Gasteiger partial charge >= 0.3 is 0 Å². The number of hydrogen-bond donors (Lipinski definition) is 1. The molecule has 0 spiro atoms. The van der Waals surface area contributed by atoms with Gasteiger partial charge in [0.15, 0.2) is 0 Å². The van der Waals surface area contributed by atoms with Crippen molar-refractivity contribution in [2.24, 2.45) is 0 Å². The van der Waals surface area contributed by atoms with Crippen LogP contribution < -0.4 is 0 Å². The van der Waals surface area contributed by atoms with Crippen LogP contribution in [0.4, 0.5) is 0 Å². The monoisotopic (exact) mass is 296 g/mol. The summed E-state index contributed by atoms with van der Waals surface area (Å²) in [6.07, 6.45) is 0.903. The fraction of sp³-hybridized carbons (Fsp3) is 0.429. The Morgan fingerprint density at radius 3 is 1.64 bits per heavy atom. The smallest absolute Gasteiger partial charge is 0.116 e. The molecule has 0 radical (unpaired) electrons. The molecular formula is C21H28O. The summed E-state index contributed by atoms with van der Waals surface area (Å²) in [5.41, 5.74) is 5.14. The minimum atomic E-state index is 0.00283. The van der Waals surface area contributed by atoms with Gasteiger partial charge < -0.3 is 5.11 Å². The maximum Gasteiger partial charge on any atom is 0.116 e. The van der Waals surface area contributed by atoms with Crippen molar-refractivity contribution in [3.63, 3.8) is 0 Å². The van der Waals surface area contributed by atoms with Gasteiger partial charge in [-0.05, 0) is 51.6 Å².